The number of para-hydroxylation sites is 1. The molecule has 0 aliphatic carbocycles. The number of aromatic nitrogens is 1. The first-order valence-corrected chi connectivity index (χ1v) is 7.61. The van der Waals surface area contributed by atoms with Gasteiger partial charge in [-0.25, -0.2) is 9.78 Å². The summed E-state index contributed by atoms with van der Waals surface area (Å²) in [6.07, 6.45) is 0.280. The number of rotatable bonds is 6. The van der Waals surface area contributed by atoms with Crippen molar-refractivity contribution in [3.8, 4) is 16.3 Å². The maximum atomic E-state index is 11.2. The minimum Gasteiger partial charge on any atom is -0.496 e. The number of methoxy groups -OCH3 is 1. The number of ether oxygens (including phenoxy) is 2. The highest BCUT2D eigenvalue weighted by Gasteiger charge is 2.09. The first kappa shape index (κ1) is 15.3. The molecule has 0 aliphatic heterocycles. The molecule has 0 saturated carbocycles. The van der Waals surface area contributed by atoms with Gasteiger partial charge in [-0.1, -0.05) is 12.1 Å². The molecule has 0 fully saturated rings. The molecule has 21 heavy (non-hydrogen) atoms. The van der Waals surface area contributed by atoms with E-state index in [1.54, 1.807) is 25.4 Å². The highest BCUT2D eigenvalue weighted by molar-refractivity contribution is 7.13. The van der Waals surface area contributed by atoms with Crippen LogP contribution in [0.15, 0.2) is 29.6 Å². The summed E-state index contributed by atoms with van der Waals surface area (Å²) in [5.41, 5.74) is 1.92. The summed E-state index contributed by atoms with van der Waals surface area (Å²) < 4.78 is 10.1. The van der Waals surface area contributed by atoms with E-state index in [1.165, 1.54) is 0 Å². The predicted octanol–water partition coefficient (Wildman–Crippen LogP) is 3.11. The second-order valence-electron chi connectivity index (χ2n) is 4.24. The highest BCUT2D eigenvalue weighted by Crippen LogP contribution is 2.31. The van der Waals surface area contributed by atoms with Gasteiger partial charge >= 0.3 is 6.09 Å². The number of alkyl carbamates (subject to hydrolysis) is 1. The van der Waals surface area contributed by atoms with Crippen molar-refractivity contribution in [3.63, 3.8) is 0 Å². The molecule has 112 valence electrons. The highest BCUT2D eigenvalue weighted by atomic mass is 32.1. The molecule has 0 saturated heterocycles. The Balaban J connectivity index is 1.97. The average molecular weight is 306 g/mol. The summed E-state index contributed by atoms with van der Waals surface area (Å²) >= 11 is 1.57. The Morgan fingerprint density at radius 2 is 2.19 bits per heavy atom. The lowest BCUT2D eigenvalue weighted by molar-refractivity contribution is 0.152. The Bertz CT molecular complexity index is 598. The molecule has 0 unspecified atom stereocenters. The molecular formula is C15H18N2O3S. The van der Waals surface area contributed by atoms with Crippen LogP contribution in [0.2, 0.25) is 0 Å². The quantitative estimate of drug-likeness (QED) is 0.891. The van der Waals surface area contributed by atoms with Gasteiger partial charge in [0.05, 0.1) is 25.0 Å². The Hall–Kier alpha value is -2.08. The Labute approximate surface area is 127 Å². The van der Waals surface area contributed by atoms with Gasteiger partial charge in [-0.05, 0) is 19.1 Å². The van der Waals surface area contributed by atoms with E-state index in [2.05, 4.69) is 10.3 Å². The fourth-order valence-corrected chi connectivity index (χ4v) is 2.73. The zero-order valence-electron chi connectivity index (χ0n) is 12.1. The van der Waals surface area contributed by atoms with E-state index in [0.29, 0.717) is 19.6 Å². The maximum absolute atomic E-state index is 11.2. The second kappa shape index (κ2) is 7.64. The minimum atomic E-state index is -0.391. The van der Waals surface area contributed by atoms with Crippen molar-refractivity contribution in [2.75, 3.05) is 20.3 Å². The van der Waals surface area contributed by atoms with Crippen LogP contribution in [0.3, 0.4) is 0 Å². The van der Waals surface area contributed by atoms with Crippen molar-refractivity contribution >= 4 is 17.4 Å². The molecule has 1 amide bonds. The van der Waals surface area contributed by atoms with Crippen molar-refractivity contribution in [2.24, 2.45) is 0 Å². The fraction of sp³-hybridized carbons (Fsp3) is 0.333. The third-order valence-corrected chi connectivity index (χ3v) is 3.74. The summed E-state index contributed by atoms with van der Waals surface area (Å²) in [6, 6.07) is 7.79. The Morgan fingerprint density at radius 3 is 2.95 bits per heavy atom. The number of nitrogens with zero attached hydrogens (tertiary/aromatic N) is 1. The van der Waals surface area contributed by atoms with Crippen LogP contribution >= 0.6 is 11.3 Å². The standard InChI is InChI=1S/C15H18N2O3S/c1-3-20-15(18)16-9-8-11-10-21-14(17-11)12-6-4-5-7-13(12)19-2/h4-7,10H,3,8-9H2,1-2H3,(H,16,18). The first-order chi connectivity index (χ1) is 10.2. The van der Waals surface area contributed by atoms with Crippen LogP contribution in [0.25, 0.3) is 10.6 Å². The van der Waals surface area contributed by atoms with E-state index >= 15 is 0 Å². The zero-order chi connectivity index (χ0) is 15.1. The molecule has 6 heteroatoms. The molecule has 5 nitrogen and oxygen atoms in total. The van der Waals surface area contributed by atoms with Crippen LogP contribution in [-0.2, 0) is 11.2 Å². The van der Waals surface area contributed by atoms with Crippen molar-refractivity contribution in [3.05, 3.63) is 35.3 Å². The Morgan fingerprint density at radius 1 is 1.38 bits per heavy atom. The van der Waals surface area contributed by atoms with Gasteiger partial charge in [0.1, 0.15) is 10.8 Å². The number of carbonyl (C=O) groups is 1. The molecule has 0 bridgehead atoms. The number of nitrogens with one attached hydrogen (secondary N) is 1. The first-order valence-electron chi connectivity index (χ1n) is 6.73. The molecule has 0 spiro atoms. The predicted molar refractivity (Wildman–Crippen MR) is 82.8 cm³/mol. The van der Waals surface area contributed by atoms with Gasteiger partial charge in [-0.2, -0.15) is 0 Å². The van der Waals surface area contributed by atoms with Gasteiger partial charge in [-0.15, -0.1) is 11.3 Å². The van der Waals surface area contributed by atoms with E-state index < -0.39 is 6.09 Å². The van der Waals surface area contributed by atoms with Crippen molar-refractivity contribution in [1.29, 1.82) is 0 Å². The molecule has 1 N–H and O–H groups in total. The lowest BCUT2D eigenvalue weighted by Crippen LogP contribution is -2.26. The molecule has 1 aromatic carbocycles. The topological polar surface area (TPSA) is 60.5 Å². The molecule has 0 radical (unpaired) electrons. The number of hydrogen-bond acceptors (Lipinski definition) is 5. The number of amides is 1. The number of benzene rings is 1. The summed E-state index contributed by atoms with van der Waals surface area (Å²) in [6.45, 7) is 2.66. The lowest BCUT2D eigenvalue weighted by atomic mass is 10.2. The fourth-order valence-electron chi connectivity index (χ4n) is 1.84. The van der Waals surface area contributed by atoms with Crippen LogP contribution in [0, 0.1) is 0 Å². The van der Waals surface area contributed by atoms with E-state index in [-0.39, 0.29) is 0 Å². The van der Waals surface area contributed by atoms with Crippen LogP contribution in [-0.4, -0.2) is 31.3 Å². The van der Waals surface area contributed by atoms with Gasteiger partial charge in [-0.3, -0.25) is 0 Å². The van der Waals surface area contributed by atoms with Gasteiger partial charge in [0, 0.05) is 18.3 Å². The normalized spacial score (nSPS) is 10.2. The van der Waals surface area contributed by atoms with Crippen LogP contribution in [0.1, 0.15) is 12.6 Å². The van der Waals surface area contributed by atoms with Gasteiger partial charge < -0.3 is 14.8 Å². The molecule has 1 heterocycles. The van der Waals surface area contributed by atoms with Crippen LogP contribution in [0.5, 0.6) is 5.75 Å². The van der Waals surface area contributed by atoms with Gasteiger partial charge in [0.2, 0.25) is 0 Å². The van der Waals surface area contributed by atoms with Crippen molar-refractivity contribution in [1.82, 2.24) is 10.3 Å². The van der Waals surface area contributed by atoms with E-state index in [0.717, 1.165) is 22.0 Å². The van der Waals surface area contributed by atoms with Crippen LogP contribution in [0.4, 0.5) is 4.79 Å². The molecule has 0 aliphatic rings. The summed E-state index contributed by atoms with van der Waals surface area (Å²) in [4.78, 5) is 15.8. The van der Waals surface area contributed by atoms with E-state index in [1.807, 2.05) is 29.6 Å². The van der Waals surface area contributed by atoms with Crippen molar-refractivity contribution < 1.29 is 14.3 Å². The van der Waals surface area contributed by atoms with E-state index in [9.17, 15) is 4.79 Å². The molecule has 2 aromatic rings. The summed E-state index contributed by atoms with van der Waals surface area (Å²) in [7, 11) is 1.65. The molecule has 0 atom stereocenters. The summed E-state index contributed by atoms with van der Waals surface area (Å²) in [5.74, 6) is 0.808. The second-order valence-corrected chi connectivity index (χ2v) is 5.10. The lowest BCUT2D eigenvalue weighted by Gasteiger charge is -2.05. The zero-order valence-corrected chi connectivity index (χ0v) is 12.9. The van der Waals surface area contributed by atoms with E-state index in [4.69, 9.17) is 9.47 Å². The molecule has 2 rings (SSSR count). The summed E-state index contributed by atoms with van der Waals surface area (Å²) in [5, 5.41) is 5.59. The smallest absolute Gasteiger partial charge is 0.407 e. The number of carbonyl (C=O) groups excluding carboxylic acids is 1. The monoisotopic (exact) mass is 306 g/mol. The number of thiazole rings is 1. The third kappa shape index (κ3) is 4.19. The van der Waals surface area contributed by atoms with Gasteiger partial charge in [0.15, 0.2) is 0 Å². The minimum absolute atomic E-state index is 0.375. The number of hydrogen-bond donors (Lipinski definition) is 1. The third-order valence-electron chi connectivity index (χ3n) is 2.82. The maximum Gasteiger partial charge on any atom is 0.407 e. The molecule has 1 aromatic heterocycles. The molecular weight excluding hydrogens is 288 g/mol. The van der Waals surface area contributed by atoms with Crippen LogP contribution < -0.4 is 10.1 Å². The SMILES string of the molecule is CCOC(=O)NCCc1csc(-c2ccccc2OC)n1. The largest absolute Gasteiger partial charge is 0.496 e. The average Bonchev–Trinajstić information content (AvgIpc) is 2.96. The van der Waals surface area contributed by atoms with Crippen molar-refractivity contribution in [2.45, 2.75) is 13.3 Å². The Kier molecular flexibility index (Phi) is 5.57. The van der Waals surface area contributed by atoms with Gasteiger partial charge in [0.25, 0.3) is 0 Å².